The van der Waals surface area contributed by atoms with E-state index in [2.05, 4.69) is 19.2 Å². The average Bonchev–Trinajstić information content (AvgIpc) is 3.43. The molecule has 4 aliphatic rings. The number of nitrogens with zero attached hydrogens (tertiary/aromatic N) is 1. The van der Waals surface area contributed by atoms with Gasteiger partial charge in [-0.3, -0.25) is 4.79 Å². The number of carbonyl (C=O) groups is 1. The monoisotopic (exact) mass is 664 g/mol. The van der Waals surface area contributed by atoms with Crippen molar-refractivity contribution < 1.29 is 22.7 Å². The summed E-state index contributed by atoms with van der Waals surface area (Å²) in [7, 11) is -1.94. The molecule has 47 heavy (non-hydrogen) atoms. The lowest BCUT2D eigenvalue weighted by molar-refractivity contribution is -0.159. The molecule has 2 aromatic rings. The van der Waals surface area contributed by atoms with Crippen LogP contribution in [0.25, 0.3) is 0 Å². The van der Waals surface area contributed by atoms with Crippen LogP contribution in [0.2, 0.25) is 0 Å². The summed E-state index contributed by atoms with van der Waals surface area (Å²) in [6.45, 7) is 4.98. The highest BCUT2D eigenvalue weighted by Crippen LogP contribution is 2.67. The van der Waals surface area contributed by atoms with Crippen LogP contribution >= 0.6 is 0 Å². The molecule has 6 rings (SSSR count). The number of fused-ring (bicyclic) bond motifs is 2. The molecule has 8 heteroatoms. The third-order valence-corrected chi connectivity index (χ3v) is 14.6. The molecule has 2 aromatic carbocycles. The molecule has 0 spiro atoms. The molecule has 0 amide bonds. The predicted molar refractivity (Wildman–Crippen MR) is 187 cm³/mol. The Morgan fingerprint density at radius 1 is 0.872 bits per heavy atom. The van der Waals surface area contributed by atoms with Crippen molar-refractivity contribution in [2.24, 2.45) is 16.7 Å². The van der Waals surface area contributed by atoms with E-state index < -0.39 is 27.6 Å². The molecule has 4 saturated carbocycles. The second kappa shape index (κ2) is 14.6. The molecule has 4 aliphatic carbocycles. The third-order valence-electron chi connectivity index (χ3n) is 12.5. The lowest BCUT2D eigenvalue weighted by Gasteiger charge is -2.46. The van der Waals surface area contributed by atoms with Crippen LogP contribution in [0.1, 0.15) is 108 Å². The van der Waals surface area contributed by atoms with Gasteiger partial charge in [-0.1, -0.05) is 94.8 Å². The van der Waals surface area contributed by atoms with Crippen molar-refractivity contribution >= 4 is 16.0 Å². The van der Waals surface area contributed by atoms with Gasteiger partial charge in [-0.25, -0.2) is 8.42 Å². The largest absolute Gasteiger partial charge is 0.497 e. The molecule has 1 N–H and O–H groups in total. The van der Waals surface area contributed by atoms with Crippen LogP contribution < -0.4 is 10.1 Å². The number of hydrogen-bond acceptors (Lipinski definition) is 6. The summed E-state index contributed by atoms with van der Waals surface area (Å²) in [5.41, 5.74) is 1.27. The van der Waals surface area contributed by atoms with Gasteiger partial charge in [-0.05, 0) is 86.0 Å². The Kier molecular flexibility index (Phi) is 10.7. The maximum Gasteiger partial charge on any atom is 0.323 e. The van der Waals surface area contributed by atoms with Crippen molar-refractivity contribution in [2.75, 3.05) is 12.9 Å². The topological polar surface area (TPSA) is 84.9 Å². The highest BCUT2D eigenvalue weighted by molar-refractivity contribution is 7.89. The van der Waals surface area contributed by atoms with Crippen molar-refractivity contribution in [3.63, 3.8) is 0 Å². The van der Waals surface area contributed by atoms with Crippen molar-refractivity contribution in [1.29, 1.82) is 0 Å². The van der Waals surface area contributed by atoms with E-state index in [1.807, 2.05) is 58.9 Å². The first-order valence-corrected chi connectivity index (χ1v) is 19.9. The summed E-state index contributed by atoms with van der Waals surface area (Å²) in [5, 5.41) is 3.48. The molecule has 0 aromatic heterocycles. The maximum absolute atomic E-state index is 14.8. The molecule has 0 unspecified atom stereocenters. The predicted octanol–water partition coefficient (Wildman–Crippen LogP) is 7.43. The number of ether oxygens (including phenoxy) is 2. The van der Waals surface area contributed by atoms with E-state index in [9.17, 15) is 13.2 Å². The molecule has 0 aliphatic heterocycles. The molecule has 4 fully saturated rings. The van der Waals surface area contributed by atoms with Gasteiger partial charge < -0.3 is 14.8 Å². The highest BCUT2D eigenvalue weighted by Gasteiger charge is 2.67. The summed E-state index contributed by atoms with van der Waals surface area (Å²) in [4.78, 5) is 14.2. The fourth-order valence-corrected chi connectivity index (χ4v) is 12.5. The van der Waals surface area contributed by atoms with E-state index in [1.54, 1.807) is 7.11 Å². The van der Waals surface area contributed by atoms with E-state index in [0.717, 1.165) is 87.5 Å². The van der Waals surface area contributed by atoms with Crippen molar-refractivity contribution in [3.8, 4) is 5.75 Å². The van der Waals surface area contributed by atoms with Gasteiger partial charge in [0.2, 0.25) is 10.0 Å². The first-order chi connectivity index (χ1) is 22.6. The second-order valence-corrected chi connectivity index (χ2v) is 17.3. The van der Waals surface area contributed by atoms with Crippen LogP contribution in [0, 0.1) is 16.7 Å². The number of sulfonamides is 1. The van der Waals surface area contributed by atoms with Gasteiger partial charge in [0.1, 0.15) is 17.9 Å². The fraction of sp³-hybridized carbons (Fsp3) is 0.667. The van der Waals surface area contributed by atoms with E-state index >= 15 is 0 Å². The SMILES string of the molecule is COc1ccc(CN[C@@H](Cc2ccccc2)C(=O)O[C@H]2C[C@@H]3CC[C@@]2(CS(=O)(=O)N(C2CCCCC2)C2CCCCC2)C3(C)C)cc1. The molecule has 4 atom stereocenters. The molecule has 0 radical (unpaired) electrons. The summed E-state index contributed by atoms with van der Waals surface area (Å²) in [6, 6.07) is 17.5. The number of esters is 1. The van der Waals surface area contributed by atoms with E-state index in [0.29, 0.717) is 18.9 Å². The van der Waals surface area contributed by atoms with Crippen LogP contribution in [-0.2, 0) is 32.5 Å². The standard InChI is InChI=1S/C39H56N2O5S/c1-38(2)31-23-24-39(38,28-47(43,44)41(32-15-9-5-10-16-32)33-17-11-6-12-18-33)36(26-31)46-37(42)35(25-29-13-7-4-8-14-29)40-27-30-19-21-34(45-3)22-20-30/h4,7-8,13-14,19-22,31-33,35-36,40H,5-6,9-12,15-18,23-28H2,1-3H3/t31-,35-,36-,39-/m0/s1. The van der Waals surface area contributed by atoms with Crippen LogP contribution in [0.15, 0.2) is 54.6 Å². The zero-order chi connectivity index (χ0) is 33.1. The average molecular weight is 665 g/mol. The first kappa shape index (κ1) is 34.4. The number of nitrogens with one attached hydrogen (secondary N) is 1. The molecular formula is C39H56N2O5S. The van der Waals surface area contributed by atoms with Crippen molar-refractivity contribution in [1.82, 2.24) is 9.62 Å². The smallest absolute Gasteiger partial charge is 0.323 e. The number of hydrogen-bond donors (Lipinski definition) is 1. The number of rotatable bonds is 13. The van der Waals surface area contributed by atoms with Gasteiger partial charge in [0, 0.05) is 24.0 Å². The minimum Gasteiger partial charge on any atom is -0.497 e. The summed E-state index contributed by atoms with van der Waals surface area (Å²) >= 11 is 0. The molecule has 258 valence electrons. The van der Waals surface area contributed by atoms with Gasteiger partial charge >= 0.3 is 5.97 Å². The lowest BCUT2D eigenvalue weighted by atomic mass is 9.69. The molecule has 0 saturated heterocycles. The Morgan fingerprint density at radius 3 is 2.06 bits per heavy atom. The molecular weight excluding hydrogens is 609 g/mol. The van der Waals surface area contributed by atoms with Crippen LogP contribution in [0.4, 0.5) is 0 Å². The Labute approximate surface area is 283 Å². The van der Waals surface area contributed by atoms with Crippen molar-refractivity contribution in [3.05, 3.63) is 65.7 Å². The third kappa shape index (κ3) is 7.30. The van der Waals surface area contributed by atoms with Crippen LogP contribution in [-0.4, -0.2) is 55.8 Å². The zero-order valence-electron chi connectivity index (χ0n) is 28.8. The van der Waals surface area contributed by atoms with Crippen LogP contribution in [0.5, 0.6) is 5.75 Å². The Bertz CT molecular complexity index is 1420. The van der Waals surface area contributed by atoms with E-state index in [1.165, 1.54) is 12.8 Å². The van der Waals surface area contributed by atoms with Gasteiger partial charge in [-0.15, -0.1) is 0 Å². The second-order valence-electron chi connectivity index (χ2n) is 15.4. The van der Waals surface area contributed by atoms with Crippen molar-refractivity contribution in [2.45, 2.75) is 135 Å². The van der Waals surface area contributed by atoms with E-state index in [-0.39, 0.29) is 29.2 Å². The minimum atomic E-state index is -3.59. The fourth-order valence-electron chi connectivity index (χ4n) is 9.62. The number of methoxy groups -OCH3 is 1. The molecule has 2 bridgehead atoms. The Hall–Kier alpha value is -2.42. The summed E-state index contributed by atoms with van der Waals surface area (Å²) in [6.07, 6.45) is 13.3. The normalized spacial score (nSPS) is 27.1. The number of carbonyl (C=O) groups excluding carboxylic acids is 1. The van der Waals surface area contributed by atoms with Crippen LogP contribution in [0.3, 0.4) is 0 Å². The number of benzene rings is 2. The minimum absolute atomic E-state index is 0.0804. The first-order valence-electron chi connectivity index (χ1n) is 18.2. The maximum atomic E-state index is 14.8. The molecule has 7 nitrogen and oxygen atoms in total. The Morgan fingerprint density at radius 2 is 1.49 bits per heavy atom. The quantitative estimate of drug-likeness (QED) is 0.224. The lowest BCUT2D eigenvalue weighted by Crippen LogP contribution is -2.55. The highest BCUT2D eigenvalue weighted by atomic mass is 32.2. The summed E-state index contributed by atoms with van der Waals surface area (Å²) < 4.78 is 43.5. The summed E-state index contributed by atoms with van der Waals surface area (Å²) in [5.74, 6) is 0.924. The van der Waals surface area contributed by atoms with Gasteiger partial charge in [0.15, 0.2) is 0 Å². The Balaban J connectivity index is 1.24. The van der Waals surface area contributed by atoms with E-state index in [4.69, 9.17) is 9.47 Å². The van der Waals surface area contributed by atoms with Gasteiger partial charge in [0.25, 0.3) is 0 Å². The van der Waals surface area contributed by atoms with Gasteiger partial charge in [0.05, 0.1) is 12.9 Å². The van der Waals surface area contributed by atoms with Gasteiger partial charge in [-0.2, -0.15) is 4.31 Å². The zero-order valence-corrected chi connectivity index (χ0v) is 29.6. The molecule has 0 heterocycles.